The molecule has 0 unspecified atom stereocenters. The molecule has 0 bridgehead atoms. The molecule has 6 nitrogen and oxygen atoms in total. The lowest BCUT2D eigenvalue weighted by atomic mass is 10.2. The van der Waals surface area contributed by atoms with Gasteiger partial charge >= 0.3 is 0 Å². The summed E-state index contributed by atoms with van der Waals surface area (Å²) < 4.78 is 0. The third kappa shape index (κ3) is 4.04. The van der Waals surface area contributed by atoms with Crippen LogP contribution in [0.15, 0.2) is 12.1 Å². The molecule has 7 heteroatoms. The predicted molar refractivity (Wildman–Crippen MR) is 80.0 cm³/mol. The van der Waals surface area contributed by atoms with Crippen molar-refractivity contribution in [1.29, 1.82) is 0 Å². The van der Waals surface area contributed by atoms with E-state index in [1.165, 1.54) is 11.3 Å². The summed E-state index contributed by atoms with van der Waals surface area (Å²) in [5, 5.41) is 0. The van der Waals surface area contributed by atoms with Gasteiger partial charge in [-0.3, -0.25) is 14.4 Å². The summed E-state index contributed by atoms with van der Waals surface area (Å²) in [6.07, 6.45) is 0.222. The van der Waals surface area contributed by atoms with E-state index in [0.717, 1.165) is 9.75 Å². The predicted octanol–water partition coefficient (Wildman–Crippen LogP) is 0.606. The van der Waals surface area contributed by atoms with Gasteiger partial charge in [0.05, 0.1) is 4.88 Å². The zero-order valence-corrected chi connectivity index (χ0v) is 12.8. The Morgan fingerprint density at radius 1 is 1.10 bits per heavy atom. The fourth-order valence-electron chi connectivity index (χ4n) is 2.25. The average Bonchev–Trinajstić information content (AvgIpc) is 2.90. The lowest BCUT2D eigenvalue weighted by Gasteiger charge is -2.34. The molecule has 0 radical (unpaired) electrons. The van der Waals surface area contributed by atoms with Crippen LogP contribution in [0.25, 0.3) is 0 Å². The number of nitrogens with two attached hydrogens (primary N) is 1. The molecule has 114 valence electrons. The molecule has 1 saturated heterocycles. The quantitative estimate of drug-likeness (QED) is 0.884. The van der Waals surface area contributed by atoms with Crippen molar-refractivity contribution in [3.05, 3.63) is 21.9 Å². The highest BCUT2D eigenvalue weighted by atomic mass is 32.1. The first kappa shape index (κ1) is 15.5. The molecule has 1 aromatic heterocycles. The van der Waals surface area contributed by atoms with Gasteiger partial charge in [0.15, 0.2) is 0 Å². The molecular weight excluding hydrogens is 290 g/mol. The van der Waals surface area contributed by atoms with Crippen LogP contribution in [0.5, 0.6) is 0 Å². The van der Waals surface area contributed by atoms with Gasteiger partial charge in [0.25, 0.3) is 5.91 Å². The first-order valence-electron chi connectivity index (χ1n) is 6.89. The summed E-state index contributed by atoms with van der Waals surface area (Å²) in [6.45, 7) is 4.04. The average molecular weight is 309 g/mol. The minimum atomic E-state index is -0.467. The number of aryl methyl sites for hydroxylation is 1. The number of rotatable bonds is 4. The highest BCUT2D eigenvalue weighted by Crippen LogP contribution is 2.18. The maximum atomic E-state index is 12.3. The van der Waals surface area contributed by atoms with E-state index >= 15 is 0 Å². The number of hydrogen-bond acceptors (Lipinski definition) is 4. The van der Waals surface area contributed by atoms with Gasteiger partial charge in [-0.25, -0.2) is 0 Å². The van der Waals surface area contributed by atoms with E-state index in [0.29, 0.717) is 26.2 Å². The van der Waals surface area contributed by atoms with Gasteiger partial charge in [-0.05, 0) is 19.1 Å². The van der Waals surface area contributed by atoms with Crippen LogP contribution in [0, 0.1) is 6.92 Å². The Morgan fingerprint density at radius 3 is 2.24 bits per heavy atom. The molecule has 0 saturated carbocycles. The second-order valence-corrected chi connectivity index (χ2v) is 6.34. The van der Waals surface area contributed by atoms with Gasteiger partial charge in [-0.15, -0.1) is 11.3 Å². The Balaban J connectivity index is 1.84. The second-order valence-electron chi connectivity index (χ2n) is 5.05. The van der Waals surface area contributed by atoms with Crippen molar-refractivity contribution < 1.29 is 14.4 Å². The molecule has 0 atom stereocenters. The number of nitrogens with zero attached hydrogens (tertiary/aromatic N) is 2. The van der Waals surface area contributed by atoms with Crippen LogP contribution in [-0.2, 0) is 9.59 Å². The maximum Gasteiger partial charge on any atom is 0.264 e. The Bertz CT molecular complexity index is 547. The zero-order chi connectivity index (χ0) is 15.4. The van der Waals surface area contributed by atoms with E-state index < -0.39 is 5.91 Å². The van der Waals surface area contributed by atoms with Crippen LogP contribution >= 0.6 is 11.3 Å². The summed E-state index contributed by atoms with van der Waals surface area (Å²) in [6, 6.07) is 3.77. The molecule has 1 aliphatic rings. The number of piperazine rings is 1. The number of amides is 3. The SMILES string of the molecule is Cc1ccc(C(=O)N2CCN(C(=O)CCC(N)=O)CC2)s1. The normalized spacial score (nSPS) is 15.1. The topological polar surface area (TPSA) is 83.7 Å². The van der Waals surface area contributed by atoms with Crippen LogP contribution in [0.2, 0.25) is 0 Å². The molecule has 21 heavy (non-hydrogen) atoms. The number of primary amides is 1. The van der Waals surface area contributed by atoms with Crippen molar-refractivity contribution in [2.45, 2.75) is 19.8 Å². The molecule has 0 spiro atoms. The molecule has 0 aromatic carbocycles. The van der Waals surface area contributed by atoms with Crippen LogP contribution in [-0.4, -0.2) is 53.7 Å². The van der Waals surface area contributed by atoms with Crippen molar-refractivity contribution in [3.63, 3.8) is 0 Å². The van der Waals surface area contributed by atoms with E-state index in [1.807, 2.05) is 19.1 Å². The highest BCUT2D eigenvalue weighted by molar-refractivity contribution is 7.13. The van der Waals surface area contributed by atoms with Gasteiger partial charge in [-0.1, -0.05) is 0 Å². The van der Waals surface area contributed by atoms with Gasteiger partial charge < -0.3 is 15.5 Å². The van der Waals surface area contributed by atoms with Crippen LogP contribution < -0.4 is 5.73 Å². The number of hydrogen-bond donors (Lipinski definition) is 1. The Morgan fingerprint density at radius 2 is 1.71 bits per heavy atom. The fraction of sp³-hybridized carbons (Fsp3) is 0.500. The molecule has 2 heterocycles. The second kappa shape index (κ2) is 6.71. The first-order valence-corrected chi connectivity index (χ1v) is 7.71. The maximum absolute atomic E-state index is 12.3. The van der Waals surface area contributed by atoms with Gasteiger partial charge in [0.2, 0.25) is 11.8 Å². The number of thiophene rings is 1. The highest BCUT2D eigenvalue weighted by Gasteiger charge is 2.25. The number of carbonyl (C=O) groups is 3. The van der Waals surface area contributed by atoms with Gasteiger partial charge in [0.1, 0.15) is 0 Å². The summed E-state index contributed by atoms with van der Waals surface area (Å²) in [4.78, 5) is 40.1. The van der Waals surface area contributed by atoms with Gasteiger partial charge in [-0.2, -0.15) is 0 Å². The van der Waals surface area contributed by atoms with Crippen molar-refractivity contribution in [3.8, 4) is 0 Å². The molecule has 2 rings (SSSR count). The molecule has 1 fully saturated rings. The van der Waals surface area contributed by atoms with Crippen LogP contribution in [0.4, 0.5) is 0 Å². The molecule has 3 amide bonds. The monoisotopic (exact) mass is 309 g/mol. The zero-order valence-electron chi connectivity index (χ0n) is 12.0. The van der Waals surface area contributed by atoms with Crippen LogP contribution in [0.1, 0.15) is 27.4 Å². The van der Waals surface area contributed by atoms with E-state index in [2.05, 4.69) is 0 Å². The van der Waals surface area contributed by atoms with Crippen molar-refractivity contribution >= 4 is 29.1 Å². The third-order valence-electron chi connectivity index (χ3n) is 3.46. The van der Waals surface area contributed by atoms with E-state index in [4.69, 9.17) is 5.73 Å². The molecule has 1 aliphatic heterocycles. The summed E-state index contributed by atoms with van der Waals surface area (Å²) in [5.74, 6) is -0.518. The first-order chi connectivity index (χ1) is 9.97. The van der Waals surface area contributed by atoms with E-state index in [-0.39, 0.29) is 24.7 Å². The molecule has 0 aliphatic carbocycles. The van der Waals surface area contributed by atoms with Crippen molar-refractivity contribution in [2.75, 3.05) is 26.2 Å². The Hall–Kier alpha value is -1.89. The third-order valence-corrected chi connectivity index (χ3v) is 4.44. The Labute approximate surface area is 127 Å². The standard InChI is InChI=1S/C14H19N3O3S/c1-10-2-3-11(21-10)14(20)17-8-6-16(7-9-17)13(19)5-4-12(15)18/h2-3H,4-9H2,1H3,(H2,15,18). The fourth-order valence-corrected chi connectivity index (χ4v) is 3.09. The van der Waals surface area contributed by atoms with E-state index in [9.17, 15) is 14.4 Å². The van der Waals surface area contributed by atoms with E-state index in [1.54, 1.807) is 9.80 Å². The number of carbonyl (C=O) groups excluding carboxylic acids is 3. The molecular formula is C14H19N3O3S. The summed E-state index contributed by atoms with van der Waals surface area (Å²) in [7, 11) is 0. The minimum Gasteiger partial charge on any atom is -0.370 e. The minimum absolute atomic E-state index is 0.0253. The smallest absolute Gasteiger partial charge is 0.264 e. The van der Waals surface area contributed by atoms with Crippen molar-refractivity contribution in [1.82, 2.24) is 9.80 Å². The Kier molecular flexibility index (Phi) is 4.95. The largest absolute Gasteiger partial charge is 0.370 e. The summed E-state index contributed by atoms with van der Waals surface area (Å²) in [5.41, 5.74) is 5.04. The molecule has 2 N–H and O–H groups in total. The molecule has 1 aromatic rings. The summed E-state index contributed by atoms with van der Waals surface area (Å²) >= 11 is 1.48. The van der Waals surface area contributed by atoms with Crippen molar-refractivity contribution in [2.24, 2.45) is 5.73 Å². The lowest BCUT2D eigenvalue weighted by Crippen LogP contribution is -2.50. The van der Waals surface area contributed by atoms with Gasteiger partial charge in [0, 0.05) is 43.9 Å². The van der Waals surface area contributed by atoms with Crippen LogP contribution in [0.3, 0.4) is 0 Å². The lowest BCUT2D eigenvalue weighted by molar-refractivity contribution is -0.134.